The SMILES string of the molecule is CC(C)C1CCCN1CC(NC1CC1)C(=O)O. The third-order valence-electron chi connectivity index (χ3n) is 3.91. The van der Waals surface area contributed by atoms with Crippen LogP contribution in [0.25, 0.3) is 0 Å². The van der Waals surface area contributed by atoms with Crippen LogP contribution in [-0.2, 0) is 4.79 Å². The molecule has 2 rings (SSSR count). The third kappa shape index (κ3) is 3.42. The van der Waals surface area contributed by atoms with Gasteiger partial charge in [-0.05, 0) is 38.1 Å². The van der Waals surface area contributed by atoms with Gasteiger partial charge in [0.1, 0.15) is 6.04 Å². The van der Waals surface area contributed by atoms with Crippen LogP contribution in [0.3, 0.4) is 0 Å². The van der Waals surface area contributed by atoms with E-state index in [1.54, 1.807) is 0 Å². The third-order valence-corrected chi connectivity index (χ3v) is 3.91. The summed E-state index contributed by atoms with van der Waals surface area (Å²) in [4.78, 5) is 13.6. The number of aliphatic carboxylic acids is 1. The summed E-state index contributed by atoms with van der Waals surface area (Å²) in [7, 11) is 0. The smallest absolute Gasteiger partial charge is 0.322 e. The molecule has 98 valence electrons. The second kappa shape index (κ2) is 5.36. The predicted octanol–water partition coefficient (Wildman–Crippen LogP) is 1.31. The molecule has 0 aromatic heterocycles. The molecule has 17 heavy (non-hydrogen) atoms. The second-order valence-corrected chi connectivity index (χ2v) is 5.78. The van der Waals surface area contributed by atoms with E-state index < -0.39 is 5.97 Å². The molecule has 4 heteroatoms. The van der Waals surface area contributed by atoms with Crippen molar-refractivity contribution in [1.82, 2.24) is 10.2 Å². The lowest BCUT2D eigenvalue weighted by molar-refractivity contribution is -0.140. The molecule has 0 aromatic rings. The van der Waals surface area contributed by atoms with Crippen molar-refractivity contribution in [2.45, 2.75) is 57.7 Å². The van der Waals surface area contributed by atoms with Crippen LogP contribution in [0.2, 0.25) is 0 Å². The molecular formula is C13H24N2O2. The van der Waals surface area contributed by atoms with Gasteiger partial charge in [-0.1, -0.05) is 13.8 Å². The Morgan fingerprint density at radius 3 is 2.65 bits per heavy atom. The number of carboxylic acids is 1. The summed E-state index contributed by atoms with van der Waals surface area (Å²) < 4.78 is 0. The lowest BCUT2D eigenvalue weighted by Crippen LogP contribution is -2.49. The molecule has 1 saturated heterocycles. The van der Waals surface area contributed by atoms with Gasteiger partial charge in [-0.2, -0.15) is 0 Å². The Kier molecular flexibility index (Phi) is 4.05. The Balaban J connectivity index is 1.89. The predicted molar refractivity (Wildman–Crippen MR) is 67.0 cm³/mol. The maximum Gasteiger partial charge on any atom is 0.322 e. The summed E-state index contributed by atoms with van der Waals surface area (Å²) >= 11 is 0. The largest absolute Gasteiger partial charge is 0.480 e. The summed E-state index contributed by atoms with van der Waals surface area (Å²) in [5, 5.41) is 12.5. The van der Waals surface area contributed by atoms with Crippen LogP contribution in [0.1, 0.15) is 39.5 Å². The van der Waals surface area contributed by atoms with Gasteiger partial charge >= 0.3 is 5.97 Å². The van der Waals surface area contributed by atoms with E-state index in [0.717, 1.165) is 19.4 Å². The van der Waals surface area contributed by atoms with Gasteiger partial charge in [0.25, 0.3) is 0 Å². The van der Waals surface area contributed by atoms with Crippen LogP contribution in [0.5, 0.6) is 0 Å². The molecule has 2 aliphatic rings. The minimum atomic E-state index is -0.702. The molecule has 4 nitrogen and oxygen atoms in total. The average molecular weight is 240 g/mol. The lowest BCUT2D eigenvalue weighted by atomic mass is 10.0. The van der Waals surface area contributed by atoms with E-state index in [9.17, 15) is 9.90 Å². The minimum Gasteiger partial charge on any atom is -0.480 e. The van der Waals surface area contributed by atoms with Crippen LogP contribution in [0.4, 0.5) is 0 Å². The van der Waals surface area contributed by atoms with Crippen molar-refractivity contribution in [3.8, 4) is 0 Å². The van der Waals surface area contributed by atoms with Crippen molar-refractivity contribution >= 4 is 5.97 Å². The molecule has 1 heterocycles. The quantitative estimate of drug-likeness (QED) is 0.735. The number of hydrogen-bond acceptors (Lipinski definition) is 3. The Morgan fingerprint density at radius 1 is 1.41 bits per heavy atom. The summed E-state index contributed by atoms with van der Waals surface area (Å²) in [6.45, 7) is 6.17. The number of hydrogen-bond donors (Lipinski definition) is 2. The highest BCUT2D eigenvalue weighted by Gasteiger charge is 2.33. The fraction of sp³-hybridized carbons (Fsp3) is 0.923. The molecule has 1 aliphatic heterocycles. The summed E-state index contributed by atoms with van der Waals surface area (Å²) in [6, 6.07) is 0.635. The van der Waals surface area contributed by atoms with E-state index in [2.05, 4.69) is 24.1 Å². The van der Waals surface area contributed by atoms with Crippen molar-refractivity contribution in [2.24, 2.45) is 5.92 Å². The lowest BCUT2D eigenvalue weighted by Gasteiger charge is -2.30. The molecule has 2 fully saturated rings. The maximum atomic E-state index is 11.2. The van der Waals surface area contributed by atoms with E-state index >= 15 is 0 Å². The molecule has 0 radical (unpaired) electrons. The van der Waals surface area contributed by atoms with Crippen molar-refractivity contribution in [3.63, 3.8) is 0 Å². The molecule has 2 unspecified atom stereocenters. The van der Waals surface area contributed by atoms with Crippen LogP contribution in [0.15, 0.2) is 0 Å². The molecule has 0 spiro atoms. The fourth-order valence-electron chi connectivity index (χ4n) is 2.80. The highest BCUT2D eigenvalue weighted by molar-refractivity contribution is 5.73. The van der Waals surface area contributed by atoms with E-state index in [0.29, 0.717) is 24.5 Å². The number of rotatable bonds is 6. The van der Waals surface area contributed by atoms with Gasteiger partial charge in [0.15, 0.2) is 0 Å². The van der Waals surface area contributed by atoms with Gasteiger partial charge < -0.3 is 10.4 Å². The van der Waals surface area contributed by atoms with Crippen molar-refractivity contribution in [1.29, 1.82) is 0 Å². The van der Waals surface area contributed by atoms with Gasteiger partial charge in [0.05, 0.1) is 0 Å². The zero-order valence-electron chi connectivity index (χ0n) is 10.9. The van der Waals surface area contributed by atoms with Gasteiger partial charge in [0.2, 0.25) is 0 Å². The number of nitrogens with zero attached hydrogens (tertiary/aromatic N) is 1. The van der Waals surface area contributed by atoms with E-state index in [4.69, 9.17) is 0 Å². The van der Waals surface area contributed by atoms with Crippen LogP contribution in [-0.4, -0.2) is 47.2 Å². The fourth-order valence-corrected chi connectivity index (χ4v) is 2.80. The number of likely N-dealkylation sites (tertiary alicyclic amines) is 1. The van der Waals surface area contributed by atoms with Gasteiger partial charge in [0, 0.05) is 18.6 Å². The number of nitrogens with one attached hydrogen (secondary N) is 1. The molecule has 1 saturated carbocycles. The van der Waals surface area contributed by atoms with E-state index in [-0.39, 0.29) is 6.04 Å². The van der Waals surface area contributed by atoms with Gasteiger partial charge in [-0.25, -0.2) is 0 Å². The summed E-state index contributed by atoms with van der Waals surface area (Å²) in [5.74, 6) is -0.0841. The van der Waals surface area contributed by atoms with E-state index in [1.165, 1.54) is 12.8 Å². The standard InChI is InChI=1S/C13H24N2O2/c1-9(2)12-4-3-7-15(12)8-11(13(16)17)14-10-5-6-10/h9-12,14H,3-8H2,1-2H3,(H,16,17). The molecule has 0 amide bonds. The Morgan fingerprint density at radius 2 is 2.12 bits per heavy atom. The van der Waals surface area contributed by atoms with Crippen molar-refractivity contribution < 1.29 is 9.90 Å². The summed E-state index contributed by atoms with van der Waals surface area (Å²) in [5.41, 5.74) is 0. The maximum absolute atomic E-state index is 11.2. The molecule has 2 atom stereocenters. The molecule has 0 aromatic carbocycles. The number of carbonyl (C=O) groups is 1. The van der Waals surface area contributed by atoms with Crippen LogP contribution < -0.4 is 5.32 Å². The van der Waals surface area contributed by atoms with Crippen molar-refractivity contribution in [3.05, 3.63) is 0 Å². The minimum absolute atomic E-state index is 0.387. The zero-order valence-corrected chi connectivity index (χ0v) is 10.9. The number of carboxylic acid groups (broad SMARTS) is 1. The van der Waals surface area contributed by atoms with Gasteiger partial charge in [-0.15, -0.1) is 0 Å². The monoisotopic (exact) mass is 240 g/mol. The first-order valence-electron chi connectivity index (χ1n) is 6.81. The molecule has 1 aliphatic carbocycles. The topological polar surface area (TPSA) is 52.6 Å². The van der Waals surface area contributed by atoms with Crippen LogP contribution in [0, 0.1) is 5.92 Å². The average Bonchev–Trinajstić information content (AvgIpc) is 2.93. The Bertz CT molecular complexity index is 277. The first-order chi connectivity index (χ1) is 8.08. The molecule has 2 N–H and O–H groups in total. The molecule has 0 bridgehead atoms. The normalized spacial score (nSPS) is 27.6. The highest BCUT2D eigenvalue weighted by Crippen LogP contribution is 2.25. The van der Waals surface area contributed by atoms with E-state index in [1.807, 2.05) is 0 Å². The first kappa shape index (κ1) is 12.8. The van der Waals surface area contributed by atoms with Gasteiger partial charge in [-0.3, -0.25) is 9.69 Å². The first-order valence-corrected chi connectivity index (χ1v) is 6.81. The summed E-state index contributed by atoms with van der Waals surface area (Å²) in [6.07, 6.45) is 4.70. The molecular weight excluding hydrogens is 216 g/mol. The Hall–Kier alpha value is -0.610. The Labute approximate surface area is 103 Å². The second-order valence-electron chi connectivity index (χ2n) is 5.78. The zero-order chi connectivity index (χ0) is 12.4. The highest BCUT2D eigenvalue weighted by atomic mass is 16.4. The van der Waals surface area contributed by atoms with Crippen molar-refractivity contribution in [2.75, 3.05) is 13.1 Å². The van der Waals surface area contributed by atoms with Crippen LogP contribution >= 0.6 is 0 Å².